The van der Waals surface area contributed by atoms with Gasteiger partial charge in [-0.15, -0.1) is 0 Å². The summed E-state index contributed by atoms with van der Waals surface area (Å²) < 4.78 is 57.6. The Morgan fingerprint density at radius 1 is 1.00 bits per heavy atom. The van der Waals surface area contributed by atoms with Gasteiger partial charge in [0.1, 0.15) is 11.3 Å². The molecule has 0 amide bonds. The van der Waals surface area contributed by atoms with Gasteiger partial charge < -0.3 is 4.74 Å². The first-order valence-electron chi connectivity index (χ1n) is 4.73. The second-order valence-corrected chi connectivity index (χ2v) is 3.48. The van der Waals surface area contributed by atoms with Gasteiger partial charge in [-0.2, -0.15) is 0 Å². The standard InChI is InChI=1S/C11H8F4O3/c1-4(16)3-5-7(12)9(14)6(11(17)18-2)10(15)8(5)13/h3H2,1-2H3. The molecule has 0 spiro atoms. The Morgan fingerprint density at radius 2 is 1.44 bits per heavy atom. The number of carbonyl (C=O) groups is 2. The van der Waals surface area contributed by atoms with Crippen molar-refractivity contribution in [2.24, 2.45) is 0 Å². The largest absolute Gasteiger partial charge is 0.465 e. The molecule has 0 saturated carbocycles. The first-order valence-corrected chi connectivity index (χ1v) is 4.73. The van der Waals surface area contributed by atoms with Crippen LogP contribution < -0.4 is 0 Å². The number of esters is 1. The van der Waals surface area contributed by atoms with Crippen molar-refractivity contribution in [1.82, 2.24) is 0 Å². The van der Waals surface area contributed by atoms with Gasteiger partial charge >= 0.3 is 5.97 Å². The molecular weight excluding hydrogens is 256 g/mol. The molecule has 0 atom stereocenters. The van der Waals surface area contributed by atoms with Crippen LogP contribution in [0.4, 0.5) is 17.6 Å². The van der Waals surface area contributed by atoms with Gasteiger partial charge in [0.05, 0.1) is 7.11 Å². The quantitative estimate of drug-likeness (QED) is 0.477. The predicted octanol–water partition coefficient (Wildman–Crippen LogP) is 2.16. The first-order chi connectivity index (χ1) is 8.31. The van der Waals surface area contributed by atoms with Crippen LogP contribution in [0.2, 0.25) is 0 Å². The summed E-state index contributed by atoms with van der Waals surface area (Å²) in [6.07, 6.45) is -0.813. The summed E-state index contributed by atoms with van der Waals surface area (Å²) in [5.41, 5.74) is -2.51. The number of Topliss-reactive ketones (excluding diaryl/α,β-unsaturated/α-hetero) is 1. The molecular formula is C11H8F4O3. The number of methoxy groups -OCH3 is 1. The molecule has 0 unspecified atom stereocenters. The second kappa shape index (κ2) is 5.16. The lowest BCUT2D eigenvalue weighted by molar-refractivity contribution is -0.116. The molecule has 0 aliphatic carbocycles. The summed E-state index contributed by atoms with van der Waals surface area (Å²) in [7, 11) is 0.806. The Labute approximate surface area is 99.4 Å². The van der Waals surface area contributed by atoms with Crippen LogP contribution >= 0.6 is 0 Å². The molecule has 1 aromatic carbocycles. The number of halogens is 4. The lowest BCUT2D eigenvalue weighted by atomic mass is 10.0. The SMILES string of the molecule is COC(=O)c1c(F)c(F)c(CC(C)=O)c(F)c1F. The van der Waals surface area contributed by atoms with E-state index in [9.17, 15) is 27.2 Å². The van der Waals surface area contributed by atoms with E-state index < -0.39 is 52.6 Å². The summed E-state index contributed by atoms with van der Waals surface area (Å²) in [6.45, 7) is 1.00. The number of ether oxygens (including phenoxy) is 1. The van der Waals surface area contributed by atoms with E-state index in [1.807, 2.05) is 0 Å². The van der Waals surface area contributed by atoms with E-state index >= 15 is 0 Å². The fourth-order valence-corrected chi connectivity index (χ4v) is 1.36. The van der Waals surface area contributed by atoms with E-state index in [0.717, 1.165) is 14.0 Å². The zero-order valence-corrected chi connectivity index (χ0v) is 9.44. The number of benzene rings is 1. The van der Waals surface area contributed by atoms with Crippen molar-refractivity contribution in [3.8, 4) is 0 Å². The Bertz CT molecular complexity index is 497. The van der Waals surface area contributed by atoms with Crippen molar-refractivity contribution in [2.75, 3.05) is 7.11 Å². The van der Waals surface area contributed by atoms with Gasteiger partial charge in [-0.1, -0.05) is 0 Å². The van der Waals surface area contributed by atoms with Crippen LogP contribution in [0.3, 0.4) is 0 Å². The van der Waals surface area contributed by atoms with E-state index in [1.54, 1.807) is 0 Å². The minimum absolute atomic E-state index is 0.683. The molecule has 0 N–H and O–H groups in total. The number of hydrogen-bond acceptors (Lipinski definition) is 3. The second-order valence-electron chi connectivity index (χ2n) is 3.48. The van der Waals surface area contributed by atoms with Crippen molar-refractivity contribution in [2.45, 2.75) is 13.3 Å². The summed E-state index contributed by atoms with van der Waals surface area (Å²) in [6, 6.07) is 0. The maximum atomic E-state index is 13.4. The smallest absolute Gasteiger partial charge is 0.344 e. The summed E-state index contributed by atoms with van der Waals surface area (Å²) >= 11 is 0. The molecule has 18 heavy (non-hydrogen) atoms. The lowest BCUT2D eigenvalue weighted by Crippen LogP contribution is -2.16. The minimum atomic E-state index is -1.88. The molecule has 0 fully saturated rings. The van der Waals surface area contributed by atoms with Gasteiger partial charge in [0.2, 0.25) is 0 Å². The molecule has 0 aliphatic heterocycles. The van der Waals surface area contributed by atoms with Gasteiger partial charge in [-0.3, -0.25) is 4.79 Å². The average molecular weight is 264 g/mol. The third-order valence-electron chi connectivity index (χ3n) is 2.17. The topological polar surface area (TPSA) is 43.4 Å². The molecule has 7 heteroatoms. The summed E-state index contributed by atoms with van der Waals surface area (Å²) in [4.78, 5) is 21.7. The number of carbonyl (C=O) groups excluding carboxylic acids is 2. The van der Waals surface area contributed by atoms with Gasteiger partial charge in [0, 0.05) is 12.0 Å². The van der Waals surface area contributed by atoms with Crippen LogP contribution in [0, 0.1) is 23.3 Å². The summed E-state index contributed by atoms with van der Waals surface area (Å²) in [5.74, 6) is -9.53. The first kappa shape index (κ1) is 14.1. The molecule has 98 valence electrons. The van der Waals surface area contributed by atoms with E-state index in [1.165, 1.54) is 0 Å². The van der Waals surface area contributed by atoms with E-state index in [4.69, 9.17) is 0 Å². The highest BCUT2D eigenvalue weighted by Gasteiger charge is 2.30. The Kier molecular flexibility index (Phi) is 4.05. The lowest BCUT2D eigenvalue weighted by Gasteiger charge is -2.09. The maximum absolute atomic E-state index is 13.4. The van der Waals surface area contributed by atoms with Crippen molar-refractivity contribution >= 4 is 11.8 Å². The fourth-order valence-electron chi connectivity index (χ4n) is 1.36. The molecule has 0 aromatic heterocycles. The number of rotatable bonds is 3. The molecule has 1 aromatic rings. The summed E-state index contributed by atoms with van der Waals surface area (Å²) in [5, 5.41) is 0. The van der Waals surface area contributed by atoms with Crippen LogP contribution in [0.1, 0.15) is 22.8 Å². The van der Waals surface area contributed by atoms with Gasteiger partial charge in [-0.05, 0) is 6.92 Å². The zero-order valence-electron chi connectivity index (χ0n) is 9.44. The highest BCUT2D eigenvalue weighted by Crippen LogP contribution is 2.25. The molecule has 0 aliphatic rings. The molecule has 0 bridgehead atoms. The van der Waals surface area contributed by atoms with Crippen LogP contribution in [0.25, 0.3) is 0 Å². The zero-order chi connectivity index (χ0) is 14.0. The minimum Gasteiger partial charge on any atom is -0.465 e. The van der Waals surface area contributed by atoms with Gasteiger partial charge in [0.25, 0.3) is 0 Å². The molecule has 0 radical (unpaired) electrons. The third kappa shape index (κ3) is 2.34. The average Bonchev–Trinajstić information content (AvgIpc) is 2.31. The molecule has 3 nitrogen and oxygen atoms in total. The number of ketones is 1. The van der Waals surface area contributed by atoms with Crippen molar-refractivity contribution < 1.29 is 31.9 Å². The molecule has 0 saturated heterocycles. The predicted molar refractivity (Wildman–Crippen MR) is 52.0 cm³/mol. The van der Waals surface area contributed by atoms with Gasteiger partial charge in [-0.25, -0.2) is 22.4 Å². The van der Waals surface area contributed by atoms with Crippen molar-refractivity contribution in [3.63, 3.8) is 0 Å². The maximum Gasteiger partial charge on any atom is 0.344 e. The normalized spacial score (nSPS) is 10.3. The fraction of sp³-hybridized carbons (Fsp3) is 0.273. The van der Waals surface area contributed by atoms with Crippen LogP contribution in [-0.4, -0.2) is 18.9 Å². The van der Waals surface area contributed by atoms with Crippen LogP contribution in [0.15, 0.2) is 0 Å². The third-order valence-corrected chi connectivity index (χ3v) is 2.17. The van der Waals surface area contributed by atoms with Crippen molar-refractivity contribution in [1.29, 1.82) is 0 Å². The monoisotopic (exact) mass is 264 g/mol. The van der Waals surface area contributed by atoms with E-state index in [2.05, 4.69) is 4.74 Å². The van der Waals surface area contributed by atoms with Gasteiger partial charge in [0.15, 0.2) is 23.3 Å². The Balaban J connectivity index is 3.55. The molecule has 1 rings (SSSR count). The Morgan fingerprint density at radius 3 is 1.78 bits per heavy atom. The highest BCUT2D eigenvalue weighted by atomic mass is 19.2. The van der Waals surface area contributed by atoms with Crippen LogP contribution in [-0.2, 0) is 16.0 Å². The Hall–Kier alpha value is -1.92. The van der Waals surface area contributed by atoms with E-state index in [-0.39, 0.29) is 0 Å². The van der Waals surface area contributed by atoms with Crippen LogP contribution in [0.5, 0.6) is 0 Å². The highest BCUT2D eigenvalue weighted by molar-refractivity contribution is 5.90. The van der Waals surface area contributed by atoms with E-state index in [0.29, 0.717) is 0 Å². The molecule has 0 heterocycles. The van der Waals surface area contributed by atoms with Crippen molar-refractivity contribution in [3.05, 3.63) is 34.4 Å². The number of hydrogen-bond donors (Lipinski definition) is 0.